The van der Waals surface area contributed by atoms with Crippen LogP contribution in [0.25, 0.3) is 0 Å². The van der Waals surface area contributed by atoms with Gasteiger partial charge in [-0.15, -0.1) is 0 Å². The Labute approximate surface area is 96.6 Å². The predicted molar refractivity (Wildman–Crippen MR) is 64.8 cm³/mol. The number of carbonyl (C=O) groups excluding carboxylic acids is 1. The van der Waals surface area contributed by atoms with Crippen LogP contribution in [-0.2, 0) is 0 Å². The first-order valence-corrected chi connectivity index (χ1v) is 5.56. The van der Waals surface area contributed by atoms with Crippen LogP contribution in [0.4, 0.5) is 0 Å². The topological polar surface area (TPSA) is 52.3 Å². The Morgan fingerprint density at radius 2 is 2.00 bits per heavy atom. The minimum atomic E-state index is 0.170. The number of methoxy groups -OCH3 is 1. The summed E-state index contributed by atoms with van der Waals surface area (Å²) in [6.45, 7) is 1.96. The maximum absolute atomic E-state index is 11.7. The molecule has 1 aromatic carbocycles. The van der Waals surface area contributed by atoms with Gasteiger partial charge in [-0.05, 0) is 44.0 Å². The number of nitrogens with two attached hydrogens (primary N) is 1. The van der Waals surface area contributed by atoms with Crippen molar-refractivity contribution in [1.29, 1.82) is 0 Å². The standard InChI is InChI=1S/C13H19NO2/c1-10(14)4-3-5-13(15)11-6-8-12(16-2)9-7-11/h6-10H,3-5,14H2,1-2H3. The van der Waals surface area contributed by atoms with Gasteiger partial charge in [-0.25, -0.2) is 0 Å². The lowest BCUT2D eigenvalue weighted by Crippen LogP contribution is -2.14. The highest BCUT2D eigenvalue weighted by atomic mass is 16.5. The van der Waals surface area contributed by atoms with Gasteiger partial charge in [0.25, 0.3) is 0 Å². The quantitative estimate of drug-likeness (QED) is 0.750. The van der Waals surface area contributed by atoms with E-state index < -0.39 is 0 Å². The van der Waals surface area contributed by atoms with Crippen LogP contribution in [-0.4, -0.2) is 18.9 Å². The van der Waals surface area contributed by atoms with E-state index in [0.29, 0.717) is 6.42 Å². The van der Waals surface area contributed by atoms with Gasteiger partial charge in [0.1, 0.15) is 5.75 Å². The molecule has 1 rings (SSSR count). The zero-order valence-corrected chi connectivity index (χ0v) is 9.90. The highest BCUT2D eigenvalue weighted by Crippen LogP contribution is 2.13. The summed E-state index contributed by atoms with van der Waals surface area (Å²) < 4.78 is 5.03. The smallest absolute Gasteiger partial charge is 0.162 e. The summed E-state index contributed by atoms with van der Waals surface area (Å²) in [6, 6.07) is 7.38. The van der Waals surface area contributed by atoms with Crippen LogP contribution in [0.3, 0.4) is 0 Å². The molecule has 2 N–H and O–H groups in total. The summed E-state index contributed by atoms with van der Waals surface area (Å²) in [4.78, 5) is 11.7. The third-order valence-electron chi connectivity index (χ3n) is 2.48. The lowest BCUT2D eigenvalue weighted by Gasteiger charge is -2.05. The molecule has 16 heavy (non-hydrogen) atoms. The molecule has 0 aliphatic carbocycles. The van der Waals surface area contributed by atoms with Crippen molar-refractivity contribution in [3.63, 3.8) is 0 Å². The molecule has 0 aromatic heterocycles. The Bertz CT molecular complexity index is 330. The summed E-state index contributed by atoms with van der Waals surface area (Å²) in [7, 11) is 1.61. The van der Waals surface area contributed by atoms with Crippen molar-refractivity contribution in [2.45, 2.75) is 32.2 Å². The molecule has 0 bridgehead atoms. The van der Waals surface area contributed by atoms with Gasteiger partial charge in [0.2, 0.25) is 0 Å². The third kappa shape index (κ3) is 4.03. The normalized spacial score (nSPS) is 12.2. The van der Waals surface area contributed by atoms with Crippen molar-refractivity contribution in [3.05, 3.63) is 29.8 Å². The molecule has 0 heterocycles. The van der Waals surface area contributed by atoms with Gasteiger partial charge in [0.05, 0.1) is 7.11 Å². The second-order valence-corrected chi connectivity index (χ2v) is 4.02. The van der Waals surface area contributed by atoms with Crippen LogP contribution in [0.1, 0.15) is 36.5 Å². The molecule has 0 radical (unpaired) electrons. The van der Waals surface area contributed by atoms with Crippen molar-refractivity contribution >= 4 is 5.78 Å². The molecule has 0 amide bonds. The molecular weight excluding hydrogens is 202 g/mol. The molecular formula is C13H19NO2. The highest BCUT2D eigenvalue weighted by molar-refractivity contribution is 5.96. The fourth-order valence-electron chi connectivity index (χ4n) is 1.51. The summed E-state index contributed by atoms with van der Waals surface area (Å²) in [5, 5.41) is 0. The monoisotopic (exact) mass is 221 g/mol. The molecule has 0 saturated carbocycles. The van der Waals surface area contributed by atoms with Gasteiger partial charge < -0.3 is 10.5 Å². The second kappa shape index (κ2) is 6.28. The fraction of sp³-hybridized carbons (Fsp3) is 0.462. The summed E-state index contributed by atoms with van der Waals surface area (Å²) in [5.41, 5.74) is 6.37. The predicted octanol–water partition coefficient (Wildman–Crippen LogP) is 2.40. The first-order chi connectivity index (χ1) is 7.63. The molecule has 0 fully saturated rings. The van der Waals surface area contributed by atoms with Crippen LogP contribution < -0.4 is 10.5 Å². The van der Waals surface area contributed by atoms with E-state index in [1.54, 1.807) is 31.4 Å². The zero-order valence-electron chi connectivity index (χ0n) is 9.90. The Hall–Kier alpha value is -1.35. The average molecular weight is 221 g/mol. The lowest BCUT2D eigenvalue weighted by molar-refractivity contribution is 0.0979. The van der Waals surface area contributed by atoms with Gasteiger partial charge in [-0.3, -0.25) is 4.79 Å². The number of ether oxygens (including phenoxy) is 1. The number of hydrogen-bond acceptors (Lipinski definition) is 3. The Balaban J connectivity index is 2.46. The maximum atomic E-state index is 11.7. The Morgan fingerprint density at radius 1 is 1.38 bits per heavy atom. The van der Waals surface area contributed by atoms with Crippen LogP contribution in [0, 0.1) is 0 Å². The molecule has 1 unspecified atom stereocenters. The van der Waals surface area contributed by atoms with E-state index in [-0.39, 0.29) is 11.8 Å². The first kappa shape index (κ1) is 12.7. The number of ketones is 1. The van der Waals surface area contributed by atoms with E-state index in [2.05, 4.69) is 0 Å². The molecule has 3 heteroatoms. The van der Waals surface area contributed by atoms with E-state index in [4.69, 9.17) is 10.5 Å². The SMILES string of the molecule is COc1ccc(C(=O)CCCC(C)N)cc1. The molecule has 3 nitrogen and oxygen atoms in total. The molecule has 0 saturated heterocycles. The van der Waals surface area contributed by atoms with Crippen LogP contribution >= 0.6 is 0 Å². The zero-order chi connectivity index (χ0) is 12.0. The van der Waals surface area contributed by atoms with E-state index in [1.165, 1.54) is 0 Å². The van der Waals surface area contributed by atoms with Gasteiger partial charge in [0, 0.05) is 18.0 Å². The molecule has 1 aromatic rings. The average Bonchev–Trinajstić information content (AvgIpc) is 2.28. The van der Waals surface area contributed by atoms with E-state index >= 15 is 0 Å². The Kier molecular flexibility index (Phi) is 4.99. The van der Waals surface area contributed by atoms with Gasteiger partial charge in [0.15, 0.2) is 5.78 Å². The highest BCUT2D eigenvalue weighted by Gasteiger charge is 2.06. The van der Waals surface area contributed by atoms with Crippen LogP contribution in [0.15, 0.2) is 24.3 Å². The maximum Gasteiger partial charge on any atom is 0.162 e. The minimum Gasteiger partial charge on any atom is -0.497 e. The lowest BCUT2D eigenvalue weighted by atomic mass is 10.0. The number of benzene rings is 1. The number of carbonyl (C=O) groups is 1. The molecule has 88 valence electrons. The van der Waals surface area contributed by atoms with Gasteiger partial charge in [-0.1, -0.05) is 0 Å². The molecule has 0 aliphatic heterocycles. The first-order valence-electron chi connectivity index (χ1n) is 5.56. The van der Waals surface area contributed by atoms with E-state index in [9.17, 15) is 4.79 Å². The third-order valence-corrected chi connectivity index (χ3v) is 2.48. The van der Waals surface area contributed by atoms with Gasteiger partial charge in [-0.2, -0.15) is 0 Å². The van der Waals surface area contributed by atoms with Crippen molar-refractivity contribution < 1.29 is 9.53 Å². The van der Waals surface area contributed by atoms with Gasteiger partial charge >= 0.3 is 0 Å². The van der Waals surface area contributed by atoms with Crippen LogP contribution in [0.2, 0.25) is 0 Å². The van der Waals surface area contributed by atoms with Crippen molar-refractivity contribution in [2.75, 3.05) is 7.11 Å². The minimum absolute atomic E-state index is 0.170. The molecule has 1 atom stereocenters. The number of hydrogen-bond donors (Lipinski definition) is 1. The number of rotatable bonds is 6. The van der Waals surface area contributed by atoms with E-state index in [0.717, 1.165) is 24.2 Å². The summed E-state index contributed by atoms with van der Waals surface area (Å²) in [6.07, 6.45) is 2.30. The van der Waals surface area contributed by atoms with Crippen molar-refractivity contribution in [3.8, 4) is 5.75 Å². The largest absolute Gasteiger partial charge is 0.497 e. The molecule has 0 aliphatic rings. The molecule has 0 spiro atoms. The second-order valence-electron chi connectivity index (χ2n) is 4.02. The number of Topliss-reactive ketones (excluding diaryl/α,β-unsaturated/α-hetero) is 1. The Morgan fingerprint density at radius 3 is 2.50 bits per heavy atom. The van der Waals surface area contributed by atoms with Crippen LogP contribution in [0.5, 0.6) is 5.75 Å². The summed E-state index contributed by atoms with van der Waals surface area (Å²) in [5.74, 6) is 0.940. The van der Waals surface area contributed by atoms with E-state index in [1.807, 2.05) is 6.92 Å². The fourth-order valence-corrected chi connectivity index (χ4v) is 1.51. The summed E-state index contributed by atoms with van der Waals surface area (Å²) >= 11 is 0. The van der Waals surface area contributed by atoms with Crippen molar-refractivity contribution in [1.82, 2.24) is 0 Å². The van der Waals surface area contributed by atoms with Crippen molar-refractivity contribution in [2.24, 2.45) is 5.73 Å².